The Hall–Kier alpha value is -2.33. The Bertz CT molecular complexity index is 1210. The maximum Gasteiger partial charge on any atom is 0.241 e. The van der Waals surface area contributed by atoms with Gasteiger partial charge >= 0.3 is 0 Å². The molecular formula is C22H25Cl2N5O3S. The number of nitrogens with one attached hydrogen (secondary N) is 1. The van der Waals surface area contributed by atoms with Crippen molar-refractivity contribution in [3.8, 4) is 0 Å². The molecule has 3 rings (SSSR count). The van der Waals surface area contributed by atoms with Gasteiger partial charge in [-0.3, -0.25) is 4.79 Å². The first-order valence-corrected chi connectivity index (χ1v) is 12.7. The summed E-state index contributed by atoms with van der Waals surface area (Å²) >= 11 is 12.4. The van der Waals surface area contributed by atoms with E-state index >= 15 is 0 Å². The van der Waals surface area contributed by atoms with Gasteiger partial charge in [-0.25, -0.2) is 13.1 Å². The zero-order valence-electron chi connectivity index (χ0n) is 18.5. The molecular weight excluding hydrogens is 485 g/mol. The Morgan fingerprint density at radius 2 is 1.73 bits per heavy atom. The van der Waals surface area contributed by atoms with E-state index in [4.69, 9.17) is 23.2 Å². The topological polar surface area (TPSA) is 107 Å². The van der Waals surface area contributed by atoms with Crippen molar-refractivity contribution in [3.05, 3.63) is 69.5 Å². The van der Waals surface area contributed by atoms with Gasteiger partial charge in [0.1, 0.15) is 6.54 Å². The number of halogens is 2. The number of carbonyl (C=O) groups is 1. The standard InChI is InChI=1S/C22H25Cl2N5O3S/c1-4-20(27-33(31,32)16-10-8-15(9-11-16)14(2)3)21(30)13-29-26-22(25-28-29)12-17-18(23)6-5-7-19(17)24/h5-11,14,20,27H,4,12-13H2,1-3H3. The molecule has 0 aliphatic carbocycles. The van der Waals surface area contributed by atoms with Crippen molar-refractivity contribution in [2.24, 2.45) is 0 Å². The smallest absolute Gasteiger partial charge is 0.241 e. The largest absolute Gasteiger partial charge is 0.296 e. The SMILES string of the molecule is CCC(NS(=O)(=O)c1ccc(C(C)C)cc1)C(=O)Cn1nnc(Cc2c(Cl)cccc2Cl)n1. The quantitative estimate of drug-likeness (QED) is 0.442. The molecule has 0 spiro atoms. The summed E-state index contributed by atoms with van der Waals surface area (Å²) < 4.78 is 28.0. The van der Waals surface area contributed by atoms with E-state index in [-0.39, 0.29) is 36.0 Å². The maximum absolute atomic E-state index is 12.8. The fraction of sp³-hybridized carbons (Fsp3) is 0.364. The van der Waals surface area contributed by atoms with Crippen molar-refractivity contribution in [1.82, 2.24) is 24.9 Å². The summed E-state index contributed by atoms with van der Waals surface area (Å²) in [6.07, 6.45) is 0.530. The summed E-state index contributed by atoms with van der Waals surface area (Å²) in [4.78, 5) is 14.0. The van der Waals surface area contributed by atoms with E-state index in [2.05, 4.69) is 20.1 Å². The lowest BCUT2D eigenvalue weighted by molar-refractivity contribution is -0.121. The highest BCUT2D eigenvalue weighted by Crippen LogP contribution is 2.25. The van der Waals surface area contributed by atoms with Crippen LogP contribution in [0, 0.1) is 0 Å². The minimum atomic E-state index is -3.86. The fourth-order valence-corrected chi connectivity index (χ4v) is 5.02. The van der Waals surface area contributed by atoms with Gasteiger partial charge < -0.3 is 0 Å². The van der Waals surface area contributed by atoms with Crippen LogP contribution in [0.4, 0.5) is 0 Å². The molecule has 2 aromatic carbocycles. The predicted molar refractivity (Wildman–Crippen MR) is 127 cm³/mol. The summed E-state index contributed by atoms with van der Waals surface area (Å²) in [5, 5.41) is 13.0. The number of hydrogen-bond acceptors (Lipinski definition) is 6. The van der Waals surface area contributed by atoms with Gasteiger partial charge in [0, 0.05) is 16.5 Å². The van der Waals surface area contributed by atoms with Gasteiger partial charge in [0.15, 0.2) is 11.6 Å². The van der Waals surface area contributed by atoms with Crippen LogP contribution in [0.2, 0.25) is 10.0 Å². The van der Waals surface area contributed by atoms with Crippen LogP contribution in [-0.4, -0.2) is 40.5 Å². The third-order valence-electron chi connectivity index (χ3n) is 5.14. The number of rotatable bonds is 10. The molecule has 0 aliphatic rings. The molecule has 3 aromatic rings. The Morgan fingerprint density at radius 1 is 1.09 bits per heavy atom. The summed E-state index contributed by atoms with van der Waals surface area (Å²) in [6.45, 7) is 5.56. The van der Waals surface area contributed by atoms with Crippen molar-refractivity contribution in [2.75, 3.05) is 0 Å². The number of Topliss-reactive ketones (excluding diaryl/α,β-unsaturated/α-hetero) is 1. The molecule has 0 radical (unpaired) electrons. The van der Waals surface area contributed by atoms with Gasteiger partial charge in [0.05, 0.1) is 10.9 Å². The molecule has 176 valence electrons. The predicted octanol–water partition coefficient (Wildman–Crippen LogP) is 4.02. The Morgan fingerprint density at radius 3 is 2.30 bits per heavy atom. The van der Waals surface area contributed by atoms with E-state index in [1.807, 2.05) is 13.8 Å². The van der Waals surface area contributed by atoms with Gasteiger partial charge in [0.25, 0.3) is 0 Å². The van der Waals surface area contributed by atoms with Crippen molar-refractivity contribution < 1.29 is 13.2 Å². The summed E-state index contributed by atoms with van der Waals surface area (Å²) in [7, 11) is -3.86. The van der Waals surface area contributed by atoms with E-state index in [9.17, 15) is 13.2 Å². The molecule has 11 heteroatoms. The molecule has 0 amide bonds. The maximum atomic E-state index is 12.8. The lowest BCUT2D eigenvalue weighted by atomic mass is 10.0. The fourth-order valence-electron chi connectivity index (χ4n) is 3.19. The highest BCUT2D eigenvalue weighted by atomic mass is 35.5. The van der Waals surface area contributed by atoms with Gasteiger partial charge in [-0.1, -0.05) is 62.2 Å². The second-order valence-corrected chi connectivity index (χ2v) is 10.4. The van der Waals surface area contributed by atoms with Crippen LogP contribution in [0.3, 0.4) is 0 Å². The lowest BCUT2D eigenvalue weighted by Crippen LogP contribution is -2.42. The molecule has 1 unspecified atom stereocenters. The van der Waals surface area contributed by atoms with Crippen molar-refractivity contribution in [2.45, 2.75) is 57.0 Å². The average Bonchev–Trinajstić information content (AvgIpc) is 3.21. The molecule has 1 heterocycles. The number of hydrogen-bond donors (Lipinski definition) is 1. The number of aromatic nitrogens is 4. The van der Waals surface area contributed by atoms with E-state index in [1.165, 1.54) is 0 Å². The van der Waals surface area contributed by atoms with Crippen molar-refractivity contribution in [3.63, 3.8) is 0 Å². The van der Waals surface area contributed by atoms with Crippen molar-refractivity contribution in [1.29, 1.82) is 0 Å². The van der Waals surface area contributed by atoms with E-state index < -0.39 is 16.1 Å². The van der Waals surface area contributed by atoms with E-state index in [1.54, 1.807) is 49.4 Å². The first-order valence-electron chi connectivity index (χ1n) is 10.4. The Kier molecular flexibility index (Phi) is 8.23. The van der Waals surface area contributed by atoms with Gasteiger partial charge in [-0.2, -0.15) is 4.80 Å². The molecule has 0 bridgehead atoms. The number of benzene rings is 2. The summed E-state index contributed by atoms with van der Waals surface area (Å²) in [5.41, 5.74) is 1.69. The first-order chi connectivity index (χ1) is 15.6. The minimum absolute atomic E-state index is 0.107. The number of tetrazole rings is 1. The van der Waals surface area contributed by atoms with Crippen LogP contribution in [0.1, 0.15) is 50.1 Å². The Balaban J connectivity index is 1.67. The minimum Gasteiger partial charge on any atom is -0.296 e. The van der Waals surface area contributed by atoms with Crippen LogP contribution < -0.4 is 4.72 Å². The van der Waals surface area contributed by atoms with Crippen LogP contribution in [-0.2, 0) is 27.8 Å². The number of nitrogens with zero attached hydrogens (tertiary/aromatic N) is 4. The molecule has 0 saturated heterocycles. The summed E-state index contributed by atoms with van der Waals surface area (Å²) in [5.74, 6) is 0.255. The third-order valence-corrected chi connectivity index (χ3v) is 7.34. The zero-order valence-corrected chi connectivity index (χ0v) is 20.8. The number of ketones is 1. The van der Waals surface area contributed by atoms with Crippen LogP contribution >= 0.6 is 23.2 Å². The monoisotopic (exact) mass is 509 g/mol. The van der Waals surface area contributed by atoms with Gasteiger partial charge in [0.2, 0.25) is 10.0 Å². The van der Waals surface area contributed by atoms with Crippen LogP contribution in [0.5, 0.6) is 0 Å². The summed E-state index contributed by atoms with van der Waals surface area (Å²) in [6, 6.07) is 10.9. The third kappa shape index (κ3) is 6.38. The molecule has 1 aromatic heterocycles. The Labute approximate surface area is 203 Å². The molecule has 0 fully saturated rings. The van der Waals surface area contributed by atoms with Gasteiger partial charge in [-0.15, -0.1) is 10.2 Å². The van der Waals surface area contributed by atoms with Crippen LogP contribution in [0.25, 0.3) is 0 Å². The number of carbonyl (C=O) groups excluding carboxylic acids is 1. The lowest BCUT2D eigenvalue weighted by Gasteiger charge is -2.16. The average molecular weight is 510 g/mol. The van der Waals surface area contributed by atoms with E-state index in [0.717, 1.165) is 10.4 Å². The van der Waals surface area contributed by atoms with Gasteiger partial charge in [-0.05, 0) is 52.9 Å². The molecule has 33 heavy (non-hydrogen) atoms. The van der Waals surface area contributed by atoms with Crippen molar-refractivity contribution >= 4 is 39.0 Å². The zero-order chi connectivity index (χ0) is 24.2. The molecule has 0 saturated carbocycles. The second-order valence-electron chi connectivity index (χ2n) is 7.89. The molecule has 1 atom stereocenters. The number of sulfonamides is 1. The highest BCUT2D eigenvalue weighted by Gasteiger charge is 2.25. The molecule has 1 N–H and O–H groups in total. The van der Waals surface area contributed by atoms with Crippen LogP contribution in [0.15, 0.2) is 47.4 Å². The molecule has 0 aliphatic heterocycles. The highest BCUT2D eigenvalue weighted by molar-refractivity contribution is 7.89. The van der Waals surface area contributed by atoms with E-state index in [0.29, 0.717) is 21.4 Å². The second kappa shape index (κ2) is 10.7. The first kappa shape index (κ1) is 25.3. The molecule has 8 nitrogen and oxygen atoms in total. The normalized spacial score (nSPS) is 12.8.